The number of likely N-dealkylation sites (N-methyl/N-ethyl adjacent to an activating group) is 1. The number of halogens is 4. The molecule has 2 heterocycles. The van der Waals surface area contributed by atoms with Crippen molar-refractivity contribution in [1.29, 1.82) is 0 Å². The predicted octanol–water partition coefficient (Wildman–Crippen LogP) is 2.33. The number of rotatable bonds is 2. The van der Waals surface area contributed by atoms with E-state index in [1.165, 1.54) is 0 Å². The molecule has 2 rings (SSSR count). The smallest absolute Gasteiger partial charge is 0.304 e. The van der Waals surface area contributed by atoms with Gasteiger partial charge in [0.05, 0.1) is 5.56 Å². The number of pyridine rings is 1. The van der Waals surface area contributed by atoms with Gasteiger partial charge >= 0.3 is 6.18 Å². The van der Waals surface area contributed by atoms with Crippen molar-refractivity contribution in [2.24, 2.45) is 0 Å². The zero-order chi connectivity index (χ0) is 14.0. The van der Waals surface area contributed by atoms with Crippen LogP contribution in [0.2, 0.25) is 5.15 Å². The van der Waals surface area contributed by atoms with E-state index >= 15 is 0 Å². The van der Waals surface area contributed by atoms with Gasteiger partial charge in [-0.3, -0.25) is 0 Å². The van der Waals surface area contributed by atoms with Gasteiger partial charge in [-0.15, -0.1) is 0 Å². The Kier molecular flexibility index (Phi) is 4.17. The number of piperazine rings is 1. The average molecular weight is 295 g/mol. The summed E-state index contributed by atoms with van der Waals surface area (Å²) in [4.78, 5) is 6.00. The maximum absolute atomic E-state index is 12.6. The number of aromatic nitrogens is 1. The third-order valence-corrected chi connectivity index (χ3v) is 3.09. The second-order valence-electron chi connectivity index (χ2n) is 4.46. The highest BCUT2D eigenvalue weighted by Gasteiger charge is 2.31. The van der Waals surface area contributed by atoms with Gasteiger partial charge in [0.25, 0.3) is 0 Å². The van der Waals surface area contributed by atoms with Crippen molar-refractivity contribution in [3.8, 4) is 0 Å². The molecule has 0 aromatic carbocycles. The van der Waals surface area contributed by atoms with E-state index in [4.69, 9.17) is 11.6 Å². The van der Waals surface area contributed by atoms with Crippen molar-refractivity contribution >= 4 is 17.4 Å². The Morgan fingerprint density at radius 1 is 1.21 bits per heavy atom. The Morgan fingerprint density at radius 3 is 2.42 bits per heavy atom. The van der Waals surface area contributed by atoms with Crippen LogP contribution in [0.5, 0.6) is 0 Å². The van der Waals surface area contributed by atoms with E-state index in [0.29, 0.717) is 13.1 Å². The van der Waals surface area contributed by atoms with Gasteiger partial charge in [0.2, 0.25) is 0 Å². The molecule has 0 aliphatic carbocycles. The molecule has 0 saturated carbocycles. The first kappa shape index (κ1) is 14.4. The lowest BCUT2D eigenvalue weighted by atomic mass is 10.2. The molecule has 8 heteroatoms. The van der Waals surface area contributed by atoms with Crippen LogP contribution in [0.3, 0.4) is 0 Å². The molecular formula is C11H14ClF3N4. The highest BCUT2D eigenvalue weighted by molar-refractivity contribution is 6.29. The van der Waals surface area contributed by atoms with Gasteiger partial charge in [0.1, 0.15) is 11.0 Å². The quantitative estimate of drug-likeness (QED) is 0.848. The molecule has 1 aromatic heterocycles. The zero-order valence-electron chi connectivity index (χ0n) is 10.3. The van der Waals surface area contributed by atoms with E-state index in [1.807, 2.05) is 12.1 Å². The molecule has 1 aliphatic heterocycles. The van der Waals surface area contributed by atoms with Crippen LogP contribution < -0.4 is 5.43 Å². The number of nitrogens with zero attached hydrogens (tertiary/aromatic N) is 3. The molecule has 0 atom stereocenters. The summed E-state index contributed by atoms with van der Waals surface area (Å²) in [6.45, 7) is 3.12. The SMILES string of the molecule is CN1CCN(Nc2cc(C(F)(F)F)cc(Cl)n2)CC1. The molecular weight excluding hydrogens is 281 g/mol. The maximum atomic E-state index is 12.6. The second kappa shape index (κ2) is 5.52. The number of anilines is 1. The molecule has 1 aliphatic rings. The third-order valence-electron chi connectivity index (χ3n) is 2.90. The monoisotopic (exact) mass is 294 g/mol. The largest absolute Gasteiger partial charge is 0.416 e. The third kappa shape index (κ3) is 3.95. The number of hydrogen-bond donors (Lipinski definition) is 1. The minimum atomic E-state index is -4.43. The summed E-state index contributed by atoms with van der Waals surface area (Å²) in [6.07, 6.45) is -4.43. The summed E-state index contributed by atoms with van der Waals surface area (Å²) >= 11 is 5.62. The van der Waals surface area contributed by atoms with Gasteiger partial charge in [-0.2, -0.15) is 13.2 Å². The van der Waals surface area contributed by atoms with Crippen LogP contribution >= 0.6 is 11.6 Å². The lowest BCUT2D eigenvalue weighted by molar-refractivity contribution is -0.137. The number of hydrazine groups is 1. The van der Waals surface area contributed by atoms with Gasteiger partial charge in [-0.1, -0.05) is 11.6 Å². The summed E-state index contributed by atoms with van der Waals surface area (Å²) in [5.74, 6) is 0.115. The first-order chi connectivity index (χ1) is 8.84. The summed E-state index contributed by atoms with van der Waals surface area (Å²) in [5.41, 5.74) is 2.06. The first-order valence-electron chi connectivity index (χ1n) is 5.79. The van der Waals surface area contributed by atoms with Gasteiger partial charge < -0.3 is 10.3 Å². The summed E-state index contributed by atoms with van der Waals surface area (Å²) in [6, 6.07) is 1.78. The first-order valence-corrected chi connectivity index (χ1v) is 6.17. The highest BCUT2D eigenvalue weighted by Crippen LogP contribution is 2.32. The summed E-state index contributed by atoms with van der Waals surface area (Å²) in [5, 5.41) is 1.66. The fourth-order valence-corrected chi connectivity index (χ4v) is 2.01. The molecule has 0 unspecified atom stereocenters. The second-order valence-corrected chi connectivity index (χ2v) is 4.85. The molecule has 106 valence electrons. The molecule has 1 fully saturated rings. The van der Waals surface area contributed by atoms with Crippen LogP contribution in [0.1, 0.15) is 5.56 Å². The highest BCUT2D eigenvalue weighted by atomic mass is 35.5. The summed E-state index contributed by atoms with van der Waals surface area (Å²) < 4.78 is 37.9. The molecule has 1 N–H and O–H groups in total. The molecule has 19 heavy (non-hydrogen) atoms. The lowest BCUT2D eigenvalue weighted by Gasteiger charge is -2.32. The van der Waals surface area contributed by atoms with Crippen LogP contribution in [0.15, 0.2) is 12.1 Å². The van der Waals surface area contributed by atoms with Crippen LogP contribution in [-0.2, 0) is 6.18 Å². The van der Waals surface area contributed by atoms with Crippen molar-refractivity contribution in [3.63, 3.8) is 0 Å². The van der Waals surface area contributed by atoms with Gasteiger partial charge in [-0.05, 0) is 19.2 Å². The molecule has 0 spiro atoms. The van der Waals surface area contributed by atoms with Crippen molar-refractivity contribution in [3.05, 3.63) is 22.8 Å². The Morgan fingerprint density at radius 2 is 1.84 bits per heavy atom. The van der Waals surface area contributed by atoms with Crippen molar-refractivity contribution in [2.75, 3.05) is 38.7 Å². The molecule has 1 aromatic rings. The minimum Gasteiger partial charge on any atom is -0.304 e. The number of nitrogens with one attached hydrogen (secondary N) is 1. The van der Waals surface area contributed by atoms with E-state index in [-0.39, 0.29) is 11.0 Å². The fourth-order valence-electron chi connectivity index (χ4n) is 1.80. The van der Waals surface area contributed by atoms with Crippen molar-refractivity contribution in [2.45, 2.75) is 6.18 Å². The Bertz CT molecular complexity index is 444. The minimum absolute atomic E-state index is 0.115. The van der Waals surface area contributed by atoms with E-state index in [2.05, 4.69) is 15.3 Å². The van der Waals surface area contributed by atoms with Crippen LogP contribution in [0.4, 0.5) is 19.0 Å². The predicted molar refractivity (Wildman–Crippen MR) is 66.9 cm³/mol. The molecule has 0 bridgehead atoms. The number of hydrogen-bond acceptors (Lipinski definition) is 4. The Labute approximate surface area is 114 Å². The fraction of sp³-hybridized carbons (Fsp3) is 0.545. The van der Waals surface area contributed by atoms with Crippen LogP contribution in [-0.4, -0.2) is 48.1 Å². The van der Waals surface area contributed by atoms with E-state index in [9.17, 15) is 13.2 Å². The van der Waals surface area contributed by atoms with E-state index < -0.39 is 11.7 Å². The molecule has 0 amide bonds. The van der Waals surface area contributed by atoms with Crippen molar-refractivity contribution < 1.29 is 13.2 Å². The van der Waals surface area contributed by atoms with Crippen LogP contribution in [0, 0.1) is 0 Å². The standard InChI is InChI=1S/C11H14ClF3N4/c1-18-2-4-19(5-3-18)17-10-7-8(11(13,14)15)6-9(12)16-10/h6-7H,2-5H2,1H3,(H,16,17). The van der Waals surface area contributed by atoms with E-state index in [1.54, 1.807) is 0 Å². The normalized spacial score (nSPS) is 18.6. The molecule has 1 saturated heterocycles. The van der Waals surface area contributed by atoms with Gasteiger partial charge in [0, 0.05) is 26.2 Å². The molecule has 0 radical (unpaired) electrons. The van der Waals surface area contributed by atoms with Gasteiger partial charge in [0.15, 0.2) is 0 Å². The maximum Gasteiger partial charge on any atom is 0.416 e. The topological polar surface area (TPSA) is 31.4 Å². The van der Waals surface area contributed by atoms with Gasteiger partial charge in [-0.25, -0.2) is 9.99 Å². The van der Waals surface area contributed by atoms with E-state index in [0.717, 1.165) is 25.2 Å². The Balaban J connectivity index is 2.10. The van der Waals surface area contributed by atoms with Crippen molar-refractivity contribution in [1.82, 2.24) is 14.9 Å². The summed E-state index contributed by atoms with van der Waals surface area (Å²) in [7, 11) is 2.00. The lowest BCUT2D eigenvalue weighted by Crippen LogP contribution is -2.47. The average Bonchev–Trinajstić information content (AvgIpc) is 2.30. The molecule has 4 nitrogen and oxygen atoms in total. The Hall–Kier alpha value is -1.05. The number of alkyl halides is 3. The van der Waals surface area contributed by atoms with Crippen LogP contribution in [0.25, 0.3) is 0 Å². The zero-order valence-corrected chi connectivity index (χ0v) is 11.1.